The van der Waals surface area contributed by atoms with Crippen molar-refractivity contribution in [2.45, 2.75) is 18.4 Å². The number of rotatable bonds is 6. The van der Waals surface area contributed by atoms with Crippen LogP contribution >= 0.6 is 11.3 Å². The van der Waals surface area contributed by atoms with Crippen LogP contribution in [-0.4, -0.2) is 20.5 Å². The minimum Gasteiger partial charge on any atom is -0.495 e. The van der Waals surface area contributed by atoms with Crippen molar-refractivity contribution in [2.75, 3.05) is 7.11 Å². The van der Waals surface area contributed by atoms with Gasteiger partial charge in [-0.05, 0) is 53.8 Å². The Balaban J connectivity index is 1.81. The molecular formula is C18H18N2O3S2. The van der Waals surface area contributed by atoms with Crippen LogP contribution in [0.5, 0.6) is 5.75 Å². The lowest BCUT2D eigenvalue weighted by atomic mass is 10.1. The Bertz CT molecular complexity index is 968. The molecule has 2 aromatic heterocycles. The van der Waals surface area contributed by atoms with Gasteiger partial charge < -0.3 is 4.74 Å². The van der Waals surface area contributed by atoms with Crippen molar-refractivity contribution >= 4 is 21.4 Å². The van der Waals surface area contributed by atoms with Gasteiger partial charge in [-0.2, -0.15) is 11.3 Å². The van der Waals surface area contributed by atoms with E-state index in [-0.39, 0.29) is 11.4 Å². The molecule has 25 heavy (non-hydrogen) atoms. The molecule has 2 heterocycles. The lowest BCUT2D eigenvalue weighted by molar-refractivity contribution is 0.402. The SMILES string of the molecule is COc1ccc(C)cc1S(=O)(=O)NCc1ccnc(-c2ccsc2)c1. The molecule has 0 unspecified atom stereocenters. The third-order valence-electron chi connectivity index (χ3n) is 3.72. The van der Waals surface area contributed by atoms with Crippen molar-refractivity contribution < 1.29 is 13.2 Å². The first-order chi connectivity index (χ1) is 12.0. The Labute approximate surface area is 151 Å². The summed E-state index contributed by atoms with van der Waals surface area (Å²) in [6, 6.07) is 10.7. The molecule has 130 valence electrons. The van der Waals surface area contributed by atoms with Crippen LogP contribution in [0.4, 0.5) is 0 Å². The number of ether oxygens (including phenoxy) is 1. The number of methoxy groups -OCH3 is 1. The van der Waals surface area contributed by atoms with Crippen LogP contribution in [0.2, 0.25) is 0 Å². The van der Waals surface area contributed by atoms with Gasteiger partial charge in [0.2, 0.25) is 10.0 Å². The fourth-order valence-electron chi connectivity index (χ4n) is 2.40. The molecule has 3 aromatic rings. The fourth-order valence-corrected chi connectivity index (χ4v) is 4.32. The Hall–Kier alpha value is -2.22. The third kappa shape index (κ3) is 4.07. The number of benzene rings is 1. The standard InChI is InChI=1S/C18H18N2O3S2/c1-13-3-4-17(23-2)18(9-13)25(21,22)20-11-14-5-7-19-16(10-14)15-6-8-24-12-15/h3-10,12,20H,11H2,1-2H3. The van der Waals surface area contributed by atoms with Gasteiger partial charge in [-0.25, -0.2) is 13.1 Å². The molecule has 7 heteroatoms. The van der Waals surface area contributed by atoms with Gasteiger partial charge in [0.15, 0.2) is 0 Å². The highest BCUT2D eigenvalue weighted by Crippen LogP contribution is 2.25. The zero-order chi connectivity index (χ0) is 17.9. The van der Waals surface area contributed by atoms with Gasteiger partial charge >= 0.3 is 0 Å². The van der Waals surface area contributed by atoms with Gasteiger partial charge in [-0.15, -0.1) is 0 Å². The molecular weight excluding hydrogens is 356 g/mol. The molecule has 1 N–H and O–H groups in total. The van der Waals surface area contributed by atoms with Crippen LogP contribution in [0.25, 0.3) is 11.3 Å². The van der Waals surface area contributed by atoms with Crippen molar-refractivity contribution in [3.63, 3.8) is 0 Å². The van der Waals surface area contributed by atoms with Gasteiger partial charge in [-0.3, -0.25) is 4.98 Å². The Kier molecular flexibility index (Phi) is 5.17. The van der Waals surface area contributed by atoms with E-state index in [0.29, 0.717) is 5.75 Å². The van der Waals surface area contributed by atoms with E-state index in [9.17, 15) is 8.42 Å². The van der Waals surface area contributed by atoms with Gasteiger partial charge in [0.1, 0.15) is 10.6 Å². The average molecular weight is 374 g/mol. The maximum Gasteiger partial charge on any atom is 0.244 e. The van der Waals surface area contributed by atoms with Gasteiger partial charge in [-0.1, -0.05) is 6.07 Å². The molecule has 0 aliphatic rings. The van der Waals surface area contributed by atoms with Crippen LogP contribution in [0.15, 0.2) is 58.3 Å². The number of thiophene rings is 1. The van der Waals surface area contributed by atoms with Crippen LogP contribution in [0.1, 0.15) is 11.1 Å². The summed E-state index contributed by atoms with van der Waals surface area (Å²) in [6.07, 6.45) is 1.68. The Morgan fingerprint density at radius 2 is 2.04 bits per heavy atom. The van der Waals surface area contributed by atoms with E-state index in [2.05, 4.69) is 9.71 Å². The highest BCUT2D eigenvalue weighted by atomic mass is 32.2. The van der Waals surface area contributed by atoms with E-state index >= 15 is 0 Å². The minimum atomic E-state index is -3.68. The lowest BCUT2D eigenvalue weighted by Crippen LogP contribution is -2.24. The van der Waals surface area contributed by atoms with Gasteiger partial charge in [0.05, 0.1) is 12.8 Å². The molecule has 0 radical (unpaired) electrons. The second-order valence-corrected chi connectivity index (χ2v) is 8.06. The Morgan fingerprint density at radius 1 is 1.20 bits per heavy atom. The summed E-state index contributed by atoms with van der Waals surface area (Å²) in [7, 11) is -2.23. The second kappa shape index (κ2) is 7.35. The maximum atomic E-state index is 12.6. The molecule has 0 saturated heterocycles. The molecule has 5 nitrogen and oxygen atoms in total. The Morgan fingerprint density at radius 3 is 2.76 bits per heavy atom. The third-order valence-corrected chi connectivity index (χ3v) is 5.82. The molecule has 1 aromatic carbocycles. The molecule has 0 bridgehead atoms. The van der Waals surface area contributed by atoms with Crippen molar-refractivity contribution in [2.24, 2.45) is 0 Å². The second-order valence-electron chi connectivity index (χ2n) is 5.54. The molecule has 0 amide bonds. The minimum absolute atomic E-state index is 0.141. The van der Waals surface area contributed by atoms with E-state index in [4.69, 9.17) is 4.74 Å². The monoisotopic (exact) mass is 374 g/mol. The molecule has 0 aliphatic heterocycles. The lowest BCUT2D eigenvalue weighted by Gasteiger charge is -2.12. The number of sulfonamides is 1. The van der Waals surface area contributed by atoms with Gasteiger partial charge in [0.25, 0.3) is 0 Å². The van der Waals surface area contributed by atoms with Crippen LogP contribution in [0.3, 0.4) is 0 Å². The fraction of sp³-hybridized carbons (Fsp3) is 0.167. The van der Waals surface area contributed by atoms with Crippen LogP contribution in [0, 0.1) is 6.92 Å². The number of pyridine rings is 1. The van der Waals surface area contributed by atoms with E-state index in [1.54, 1.807) is 35.7 Å². The number of nitrogens with zero attached hydrogens (tertiary/aromatic N) is 1. The summed E-state index contributed by atoms with van der Waals surface area (Å²) in [4.78, 5) is 4.47. The van der Waals surface area contributed by atoms with Gasteiger partial charge in [0, 0.05) is 23.7 Å². The number of hydrogen-bond acceptors (Lipinski definition) is 5. The number of aryl methyl sites for hydroxylation is 1. The molecule has 3 rings (SSSR count). The summed E-state index contributed by atoms with van der Waals surface area (Å²) in [6.45, 7) is 2.02. The summed E-state index contributed by atoms with van der Waals surface area (Å²) < 4.78 is 33.1. The van der Waals surface area contributed by atoms with E-state index < -0.39 is 10.0 Å². The first-order valence-electron chi connectivity index (χ1n) is 7.61. The predicted octanol–water partition coefficient (Wildman–Crippen LogP) is 3.61. The number of aromatic nitrogens is 1. The molecule has 0 spiro atoms. The van der Waals surface area contributed by atoms with Crippen molar-refractivity contribution in [3.8, 4) is 17.0 Å². The quantitative estimate of drug-likeness (QED) is 0.716. The van der Waals surface area contributed by atoms with Crippen LogP contribution in [-0.2, 0) is 16.6 Å². The first-order valence-corrected chi connectivity index (χ1v) is 10.0. The summed E-state index contributed by atoms with van der Waals surface area (Å²) in [5.41, 5.74) is 3.54. The largest absolute Gasteiger partial charge is 0.495 e. The van der Waals surface area contributed by atoms with E-state index in [1.165, 1.54) is 7.11 Å². The van der Waals surface area contributed by atoms with Crippen molar-refractivity contribution in [1.29, 1.82) is 0 Å². The molecule has 0 atom stereocenters. The van der Waals surface area contributed by atoms with Crippen molar-refractivity contribution in [3.05, 3.63) is 64.5 Å². The highest BCUT2D eigenvalue weighted by molar-refractivity contribution is 7.89. The summed E-state index contributed by atoms with van der Waals surface area (Å²) in [5.74, 6) is 0.326. The smallest absolute Gasteiger partial charge is 0.244 e. The molecule has 0 saturated carbocycles. The highest BCUT2D eigenvalue weighted by Gasteiger charge is 2.19. The summed E-state index contributed by atoms with van der Waals surface area (Å²) in [5, 5.41) is 3.99. The van der Waals surface area contributed by atoms with Crippen molar-refractivity contribution in [1.82, 2.24) is 9.71 Å². The average Bonchev–Trinajstić information content (AvgIpc) is 3.15. The maximum absolute atomic E-state index is 12.6. The molecule has 0 fully saturated rings. The number of nitrogens with one attached hydrogen (secondary N) is 1. The normalized spacial score (nSPS) is 11.4. The van der Waals surface area contributed by atoms with Crippen LogP contribution < -0.4 is 9.46 Å². The first kappa shape index (κ1) is 17.6. The van der Waals surface area contributed by atoms with E-state index in [0.717, 1.165) is 22.4 Å². The topological polar surface area (TPSA) is 68.3 Å². The zero-order valence-corrected chi connectivity index (χ0v) is 15.5. The molecule has 0 aliphatic carbocycles. The predicted molar refractivity (Wildman–Crippen MR) is 99.3 cm³/mol. The van der Waals surface area contributed by atoms with E-state index in [1.807, 2.05) is 35.9 Å². The zero-order valence-electron chi connectivity index (χ0n) is 13.9. The number of hydrogen-bond donors (Lipinski definition) is 1. The summed E-state index contributed by atoms with van der Waals surface area (Å²) >= 11 is 1.60.